The predicted octanol–water partition coefficient (Wildman–Crippen LogP) is 3.64. The quantitative estimate of drug-likeness (QED) is 0.613. The third kappa shape index (κ3) is 2.12. The summed E-state index contributed by atoms with van der Waals surface area (Å²) in [5, 5.41) is 6.39. The van der Waals surface area contributed by atoms with Crippen LogP contribution in [0.25, 0.3) is 32.9 Å². The number of hydrogen-bond acceptors (Lipinski definition) is 4. The van der Waals surface area contributed by atoms with Crippen LogP contribution in [0.1, 0.15) is 18.3 Å². The SMILES string of the molecule is CCc1ncc2cc(-c3c(C)ccc4c(N)nn(C)c34)ccc2n1. The van der Waals surface area contributed by atoms with Gasteiger partial charge in [0.15, 0.2) is 5.82 Å². The summed E-state index contributed by atoms with van der Waals surface area (Å²) in [4.78, 5) is 9.00. The van der Waals surface area contributed by atoms with E-state index in [-0.39, 0.29) is 0 Å². The van der Waals surface area contributed by atoms with E-state index in [2.05, 4.69) is 53.2 Å². The third-order valence-corrected chi connectivity index (χ3v) is 4.48. The Bertz CT molecular complexity index is 1080. The van der Waals surface area contributed by atoms with Gasteiger partial charge < -0.3 is 5.73 Å². The number of nitrogen functional groups attached to an aromatic ring is 1. The van der Waals surface area contributed by atoms with Crippen LogP contribution in [0.15, 0.2) is 36.5 Å². The van der Waals surface area contributed by atoms with Crippen LogP contribution in [-0.4, -0.2) is 19.7 Å². The van der Waals surface area contributed by atoms with Gasteiger partial charge in [0, 0.05) is 36.0 Å². The number of nitrogens with two attached hydrogens (primary N) is 1. The van der Waals surface area contributed by atoms with Crippen molar-refractivity contribution in [3.05, 3.63) is 47.9 Å². The fourth-order valence-corrected chi connectivity index (χ4v) is 3.26. The van der Waals surface area contributed by atoms with Crippen LogP contribution in [0, 0.1) is 6.92 Å². The zero-order valence-corrected chi connectivity index (χ0v) is 14.0. The molecular weight excluding hydrogens is 298 g/mol. The number of anilines is 1. The van der Waals surface area contributed by atoms with Crippen LogP contribution in [0.4, 0.5) is 5.82 Å². The lowest BCUT2D eigenvalue weighted by Gasteiger charge is -2.10. The Labute approximate surface area is 140 Å². The van der Waals surface area contributed by atoms with Crippen LogP contribution in [0.2, 0.25) is 0 Å². The molecule has 0 aliphatic rings. The molecule has 0 unspecified atom stereocenters. The molecule has 2 N–H and O–H groups in total. The van der Waals surface area contributed by atoms with E-state index < -0.39 is 0 Å². The Kier molecular flexibility index (Phi) is 3.23. The number of benzene rings is 2. The van der Waals surface area contributed by atoms with E-state index in [9.17, 15) is 0 Å². The second-order valence-corrected chi connectivity index (χ2v) is 6.08. The van der Waals surface area contributed by atoms with Crippen molar-refractivity contribution in [3.8, 4) is 11.1 Å². The molecule has 2 aromatic carbocycles. The zero-order valence-electron chi connectivity index (χ0n) is 14.0. The average Bonchev–Trinajstić information content (AvgIpc) is 2.88. The maximum Gasteiger partial charge on any atom is 0.153 e. The van der Waals surface area contributed by atoms with Crippen LogP contribution >= 0.6 is 0 Å². The number of aryl methyl sites for hydroxylation is 3. The summed E-state index contributed by atoms with van der Waals surface area (Å²) >= 11 is 0. The van der Waals surface area contributed by atoms with Crippen LogP contribution in [0.3, 0.4) is 0 Å². The first kappa shape index (κ1) is 14.6. The molecule has 4 rings (SSSR count). The minimum Gasteiger partial charge on any atom is -0.382 e. The van der Waals surface area contributed by atoms with Gasteiger partial charge in [0.1, 0.15) is 5.82 Å². The molecule has 0 aliphatic carbocycles. The topological polar surface area (TPSA) is 69.6 Å². The van der Waals surface area contributed by atoms with Gasteiger partial charge in [0.05, 0.1) is 11.0 Å². The van der Waals surface area contributed by atoms with E-state index in [4.69, 9.17) is 5.73 Å². The second-order valence-electron chi connectivity index (χ2n) is 6.08. The largest absolute Gasteiger partial charge is 0.382 e. The van der Waals surface area contributed by atoms with Crippen LogP contribution < -0.4 is 5.73 Å². The van der Waals surface area contributed by atoms with E-state index in [0.29, 0.717) is 5.82 Å². The molecular formula is C19H19N5. The molecule has 0 amide bonds. The van der Waals surface area contributed by atoms with Gasteiger partial charge in [-0.25, -0.2) is 9.97 Å². The van der Waals surface area contributed by atoms with E-state index >= 15 is 0 Å². The molecule has 0 spiro atoms. The van der Waals surface area contributed by atoms with Crippen molar-refractivity contribution in [2.24, 2.45) is 7.05 Å². The standard InChI is InChI=1S/C19H19N5/c1-4-16-21-10-13-9-12(6-8-15(13)22-16)17-11(2)5-7-14-18(17)24(3)23-19(14)20/h5-10H,4H2,1-3H3,(H2,20,23). The van der Waals surface area contributed by atoms with Crippen molar-refractivity contribution in [1.29, 1.82) is 0 Å². The Morgan fingerprint density at radius 3 is 2.79 bits per heavy atom. The zero-order chi connectivity index (χ0) is 16.8. The van der Waals surface area contributed by atoms with Crippen LogP contribution in [-0.2, 0) is 13.5 Å². The molecule has 2 heterocycles. The van der Waals surface area contributed by atoms with Gasteiger partial charge in [-0.05, 0) is 36.2 Å². The highest BCUT2D eigenvalue weighted by molar-refractivity contribution is 6.02. The van der Waals surface area contributed by atoms with Gasteiger partial charge in [-0.1, -0.05) is 19.1 Å². The highest BCUT2D eigenvalue weighted by Crippen LogP contribution is 2.35. The molecule has 120 valence electrons. The van der Waals surface area contributed by atoms with Gasteiger partial charge in [0.2, 0.25) is 0 Å². The fraction of sp³-hybridized carbons (Fsp3) is 0.211. The van der Waals surface area contributed by atoms with E-state index in [0.717, 1.165) is 45.2 Å². The fourth-order valence-electron chi connectivity index (χ4n) is 3.26. The Morgan fingerprint density at radius 2 is 2.00 bits per heavy atom. The molecule has 0 fully saturated rings. The predicted molar refractivity (Wildman–Crippen MR) is 97.8 cm³/mol. The summed E-state index contributed by atoms with van der Waals surface area (Å²) in [7, 11) is 1.93. The molecule has 2 aromatic heterocycles. The summed E-state index contributed by atoms with van der Waals surface area (Å²) < 4.78 is 1.86. The van der Waals surface area contributed by atoms with Crippen molar-refractivity contribution in [1.82, 2.24) is 19.7 Å². The molecule has 0 atom stereocenters. The first-order valence-electron chi connectivity index (χ1n) is 8.06. The smallest absolute Gasteiger partial charge is 0.153 e. The van der Waals surface area contributed by atoms with Crippen molar-refractivity contribution in [2.45, 2.75) is 20.3 Å². The van der Waals surface area contributed by atoms with Gasteiger partial charge in [-0.3, -0.25) is 4.68 Å². The molecule has 0 radical (unpaired) electrons. The molecule has 4 aromatic rings. The Hall–Kier alpha value is -2.95. The van der Waals surface area contributed by atoms with Crippen LogP contribution in [0.5, 0.6) is 0 Å². The van der Waals surface area contributed by atoms with Gasteiger partial charge >= 0.3 is 0 Å². The van der Waals surface area contributed by atoms with Gasteiger partial charge in [0.25, 0.3) is 0 Å². The first-order chi connectivity index (χ1) is 11.6. The maximum atomic E-state index is 6.04. The summed E-state index contributed by atoms with van der Waals surface area (Å²) in [5.74, 6) is 1.43. The van der Waals surface area contributed by atoms with Gasteiger partial charge in [-0.2, -0.15) is 5.10 Å². The molecule has 5 nitrogen and oxygen atoms in total. The van der Waals surface area contributed by atoms with E-state index in [1.165, 1.54) is 5.56 Å². The van der Waals surface area contributed by atoms with E-state index in [1.54, 1.807) is 0 Å². The van der Waals surface area contributed by atoms with Crippen molar-refractivity contribution >= 4 is 27.6 Å². The monoisotopic (exact) mass is 317 g/mol. The summed E-state index contributed by atoms with van der Waals surface area (Å²) in [6.07, 6.45) is 2.74. The molecule has 0 saturated heterocycles. The minimum absolute atomic E-state index is 0.561. The number of fused-ring (bicyclic) bond motifs is 2. The van der Waals surface area contributed by atoms with Crippen molar-refractivity contribution in [2.75, 3.05) is 5.73 Å². The van der Waals surface area contributed by atoms with E-state index in [1.807, 2.05) is 24.0 Å². The number of hydrogen-bond donors (Lipinski definition) is 1. The third-order valence-electron chi connectivity index (χ3n) is 4.48. The second kappa shape index (κ2) is 5.30. The minimum atomic E-state index is 0.561. The highest BCUT2D eigenvalue weighted by Gasteiger charge is 2.14. The van der Waals surface area contributed by atoms with Gasteiger partial charge in [-0.15, -0.1) is 0 Å². The van der Waals surface area contributed by atoms with Crippen molar-refractivity contribution < 1.29 is 0 Å². The Morgan fingerprint density at radius 1 is 1.17 bits per heavy atom. The van der Waals surface area contributed by atoms with Crippen molar-refractivity contribution in [3.63, 3.8) is 0 Å². The summed E-state index contributed by atoms with van der Waals surface area (Å²) in [6.45, 7) is 4.17. The number of rotatable bonds is 2. The summed E-state index contributed by atoms with van der Waals surface area (Å²) in [5.41, 5.74) is 11.5. The summed E-state index contributed by atoms with van der Waals surface area (Å²) in [6, 6.07) is 10.4. The molecule has 0 aliphatic heterocycles. The number of aromatic nitrogens is 4. The first-order valence-corrected chi connectivity index (χ1v) is 8.06. The Balaban J connectivity index is 2.00. The normalized spacial score (nSPS) is 11.5. The lowest BCUT2D eigenvalue weighted by atomic mass is 9.96. The molecule has 0 bridgehead atoms. The lowest BCUT2D eigenvalue weighted by molar-refractivity contribution is 0.802. The average molecular weight is 317 g/mol. The highest BCUT2D eigenvalue weighted by atomic mass is 15.3. The maximum absolute atomic E-state index is 6.04. The molecule has 24 heavy (non-hydrogen) atoms. The lowest BCUT2D eigenvalue weighted by Crippen LogP contribution is -1.95. The molecule has 0 saturated carbocycles. The number of nitrogens with zero attached hydrogens (tertiary/aromatic N) is 4. The molecule has 5 heteroatoms.